The fourth-order valence-corrected chi connectivity index (χ4v) is 2.75. The molecule has 0 saturated heterocycles. The summed E-state index contributed by atoms with van der Waals surface area (Å²) < 4.78 is 1.78. The van der Waals surface area contributed by atoms with Gasteiger partial charge in [0.25, 0.3) is 0 Å². The minimum Gasteiger partial charge on any atom is -0.332 e. The molecule has 0 aliphatic heterocycles. The SMILES string of the molecule is Cc1ccccc1Cn1cnc(NC(=S)Nc2cc(Cl)ccc2C)n1. The number of thiocarbonyl (C=S) groups is 1. The maximum Gasteiger partial charge on any atom is 0.248 e. The van der Waals surface area contributed by atoms with E-state index in [1.54, 1.807) is 11.0 Å². The Hall–Kier alpha value is -2.44. The van der Waals surface area contributed by atoms with Crippen molar-refractivity contribution in [3.63, 3.8) is 0 Å². The molecule has 0 atom stereocenters. The lowest BCUT2D eigenvalue weighted by Crippen LogP contribution is -2.20. The lowest BCUT2D eigenvalue weighted by atomic mass is 10.1. The molecule has 1 aromatic heterocycles. The van der Waals surface area contributed by atoms with Crippen molar-refractivity contribution in [3.05, 3.63) is 70.5 Å². The van der Waals surface area contributed by atoms with Gasteiger partial charge in [0, 0.05) is 10.7 Å². The molecule has 5 nitrogen and oxygen atoms in total. The van der Waals surface area contributed by atoms with Crippen LogP contribution in [-0.2, 0) is 6.54 Å². The summed E-state index contributed by atoms with van der Waals surface area (Å²) in [7, 11) is 0. The molecular weight excluding hydrogens is 354 g/mol. The topological polar surface area (TPSA) is 54.8 Å². The number of anilines is 2. The summed E-state index contributed by atoms with van der Waals surface area (Å²) in [6.07, 6.45) is 1.68. The predicted molar refractivity (Wildman–Crippen MR) is 106 cm³/mol. The molecule has 2 aromatic carbocycles. The van der Waals surface area contributed by atoms with Gasteiger partial charge in [-0.2, -0.15) is 0 Å². The molecule has 0 radical (unpaired) electrons. The van der Waals surface area contributed by atoms with E-state index in [0.717, 1.165) is 11.3 Å². The molecule has 3 aromatic rings. The predicted octanol–water partition coefficient (Wildman–Crippen LogP) is 4.41. The molecule has 25 heavy (non-hydrogen) atoms. The van der Waals surface area contributed by atoms with E-state index in [-0.39, 0.29) is 0 Å². The molecule has 0 bridgehead atoms. The summed E-state index contributed by atoms with van der Waals surface area (Å²) in [6, 6.07) is 13.8. The van der Waals surface area contributed by atoms with Crippen LogP contribution >= 0.6 is 23.8 Å². The summed E-state index contributed by atoms with van der Waals surface area (Å²) in [4.78, 5) is 4.25. The van der Waals surface area contributed by atoms with Crippen molar-refractivity contribution >= 4 is 40.6 Å². The van der Waals surface area contributed by atoms with Gasteiger partial charge < -0.3 is 5.32 Å². The maximum atomic E-state index is 6.02. The number of aryl methyl sites for hydroxylation is 2. The molecular formula is C18H18ClN5S. The van der Waals surface area contributed by atoms with Crippen molar-refractivity contribution in [2.75, 3.05) is 10.6 Å². The molecule has 2 N–H and O–H groups in total. The van der Waals surface area contributed by atoms with Gasteiger partial charge in [-0.15, -0.1) is 5.10 Å². The largest absolute Gasteiger partial charge is 0.332 e. The number of nitrogens with one attached hydrogen (secondary N) is 2. The Labute approximate surface area is 157 Å². The Morgan fingerprint density at radius 2 is 1.92 bits per heavy atom. The minimum atomic E-state index is 0.416. The molecule has 3 rings (SSSR count). The van der Waals surface area contributed by atoms with Crippen LogP contribution in [0.3, 0.4) is 0 Å². The second-order valence-electron chi connectivity index (χ2n) is 5.73. The number of halogens is 1. The summed E-state index contributed by atoms with van der Waals surface area (Å²) in [6.45, 7) is 4.73. The molecule has 128 valence electrons. The van der Waals surface area contributed by atoms with Crippen molar-refractivity contribution in [3.8, 4) is 0 Å². The van der Waals surface area contributed by atoms with Crippen LogP contribution in [0.4, 0.5) is 11.6 Å². The first kappa shape index (κ1) is 17.4. The first-order valence-electron chi connectivity index (χ1n) is 7.79. The average molecular weight is 372 g/mol. The van der Waals surface area contributed by atoms with Crippen LogP contribution in [-0.4, -0.2) is 19.9 Å². The quantitative estimate of drug-likeness (QED) is 0.665. The summed E-state index contributed by atoms with van der Waals surface area (Å²) in [5, 5.41) is 11.6. The highest BCUT2D eigenvalue weighted by molar-refractivity contribution is 7.80. The van der Waals surface area contributed by atoms with Gasteiger partial charge in [-0.1, -0.05) is 41.9 Å². The van der Waals surface area contributed by atoms with Crippen molar-refractivity contribution in [1.82, 2.24) is 14.8 Å². The van der Waals surface area contributed by atoms with Crippen LogP contribution in [0, 0.1) is 13.8 Å². The highest BCUT2D eigenvalue weighted by Crippen LogP contribution is 2.20. The summed E-state index contributed by atoms with van der Waals surface area (Å²) >= 11 is 11.3. The Balaban J connectivity index is 1.64. The van der Waals surface area contributed by atoms with Gasteiger partial charge in [0.2, 0.25) is 5.95 Å². The summed E-state index contributed by atoms with van der Waals surface area (Å²) in [5.74, 6) is 0.450. The van der Waals surface area contributed by atoms with Gasteiger partial charge in [-0.25, -0.2) is 9.67 Å². The number of rotatable bonds is 4. The zero-order chi connectivity index (χ0) is 17.8. The fourth-order valence-electron chi connectivity index (χ4n) is 2.37. The monoisotopic (exact) mass is 371 g/mol. The Kier molecular flexibility index (Phi) is 5.31. The molecule has 0 aliphatic rings. The van der Waals surface area contributed by atoms with E-state index in [2.05, 4.69) is 39.8 Å². The molecule has 1 heterocycles. The number of aromatic nitrogens is 3. The lowest BCUT2D eigenvalue weighted by Gasteiger charge is -2.11. The van der Waals surface area contributed by atoms with E-state index in [4.69, 9.17) is 23.8 Å². The molecule has 0 unspecified atom stereocenters. The number of benzene rings is 2. The Morgan fingerprint density at radius 3 is 2.72 bits per heavy atom. The van der Waals surface area contributed by atoms with Gasteiger partial charge in [-0.05, 0) is 54.9 Å². The van der Waals surface area contributed by atoms with Gasteiger partial charge in [0.1, 0.15) is 6.33 Å². The zero-order valence-electron chi connectivity index (χ0n) is 14.0. The highest BCUT2D eigenvalue weighted by atomic mass is 35.5. The van der Waals surface area contributed by atoms with Gasteiger partial charge in [0.05, 0.1) is 6.54 Å². The molecule has 0 aliphatic carbocycles. The molecule has 7 heteroatoms. The van der Waals surface area contributed by atoms with Crippen molar-refractivity contribution < 1.29 is 0 Å². The van der Waals surface area contributed by atoms with E-state index >= 15 is 0 Å². The van der Waals surface area contributed by atoms with Crippen molar-refractivity contribution in [2.45, 2.75) is 20.4 Å². The lowest BCUT2D eigenvalue weighted by molar-refractivity contribution is 0.684. The molecule has 0 amide bonds. The second-order valence-corrected chi connectivity index (χ2v) is 6.58. The third-order valence-corrected chi connectivity index (χ3v) is 4.24. The Morgan fingerprint density at radius 1 is 1.12 bits per heavy atom. The van der Waals surface area contributed by atoms with Gasteiger partial charge in [-0.3, -0.25) is 5.32 Å². The van der Waals surface area contributed by atoms with Crippen molar-refractivity contribution in [2.24, 2.45) is 0 Å². The molecule has 0 fully saturated rings. The van der Waals surface area contributed by atoms with Crippen LogP contribution in [0.5, 0.6) is 0 Å². The maximum absolute atomic E-state index is 6.02. The first-order valence-corrected chi connectivity index (χ1v) is 8.58. The highest BCUT2D eigenvalue weighted by Gasteiger charge is 2.07. The van der Waals surface area contributed by atoms with Crippen molar-refractivity contribution in [1.29, 1.82) is 0 Å². The van der Waals surface area contributed by atoms with Gasteiger partial charge in [0.15, 0.2) is 5.11 Å². The first-order chi connectivity index (χ1) is 12.0. The smallest absolute Gasteiger partial charge is 0.248 e. The minimum absolute atomic E-state index is 0.416. The fraction of sp³-hybridized carbons (Fsp3) is 0.167. The van der Waals surface area contributed by atoms with E-state index in [1.165, 1.54) is 11.1 Å². The number of nitrogens with zero attached hydrogens (tertiary/aromatic N) is 3. The van der Waals surface area contributed by atoms with Crippen LogP contribution in [0.15, 0.2) is 48.8 Å². The van der Waals surface area contributed by atoms with E-state index < -0.39 is 0 Å². The van der Waals surface area contributed by atoms with Crippen LogP contribution in [0.2, 0.25) is 5.02 Å². The molecule has 0 saturated carbocycles. The Bertz CT molecular complexity index is 906. The number of hydrogen-bond donors (Lipinski definition) is 2. The second kappa shape index (κ2) is 7.63. The number of hydrogen-bond acceptors (Lipinski definition) is 3. The van der Waals surface area contributed by atoms with E-state index in [0.29, 0.717) is 22.6 Å². The molecule has 0 spiro atoms. The standard InChI is InChI=1S/C18H18ClN5S/c1-12-5-3-4-6-14(12)10-24-11-20-17(23-24)22-18(25)21-16-9-15(19)8-7-13(16)2/h3-9,11H,10H2,1-2H3,(H2,21,22,23,25). The van der Waals surface area contributed by atoms with Gasteiger partial charge >= 0.3 is 0 Å². The average Bonchev–Trinajstić information content (AvgIpc) is 3.00. The zero-order valence-corrected chi connectivity index (χ0v) is 15.5. The van der Waals surface area contributed by atoms with Crippen LogP contribution in [0.25, 0.3) is 0 Å². The van der Waals surface area contributed by atoms with Crippen LogP contribution < -0.4 is 10.6 Å². The van der Waals surface area contributed by atoms with Crippen LogP contribution in [0.1, 0.15) is 16.7 Å². The van der Waals surface area contributed by atoms with E-state index in [9.17, 15) is 0 Å². The normalized spacial score (nSPS) is 10.5. The third-order valence-electron chi connectivity index (χ3n) is 3.80. The third kappa shape index (κ3) is 4.55. The summed E-state index contributed by atoms with van der Waals surface area (Å²) in [5.41, 5.74) is 4.33. The van der Waals surface area contributed by atoms with E-state index in [1.807, 2.05) is 37.3 Å².